The Morgan fingerprint density at radius 2 is 2.18 bits per heavy atom. The van der Waals surface area contributed by atoms with E-state index in [1.54, 1.807) is 0 Å². The summed E-state index contributed by atoms with van der Waals surface area (Å²) in [5.74, 6) is 1.91. The molecule has 1 heterocycles. The zero-order valence-electron chi connectivity index (χ0n) is 10.2. The number of rotatable bonds is 8. The van der Waals surface area contributed by atoms with Crippen LogP contribution in [0.25, 0.3) is 0 Å². The molecule has 0 saturated carbocycles. The molecule has 0 spiro atoms. The van der Waals surface area contributed by atoms with Crippen LogP contribution < -0.4 is 10.1 Å². The fraction of sp³-hybridized carbons (Fsp3) is 0.636. The molecule has 0 radical (unpaired) electrons. The van der Waals surface area contributed by atoms with Gasteiger partial charge in [-0.1, -0.05) is 0 Å². The van der Waals surface area contributed by atoms with Crippen molar-refractivity contribution in [1.82, 2.24) is 9.97 Å². The number of halogens is 1. The number of nitrogens with zero attached hydrogens (tertiary/aromatic N) is 2. The van der Waals surface area contributed by atoms with E-state index in [1.807, 2.05) is 13.8 Å². The average Bonchev–Trinajstić information content (AvgIpc) is 2.33. The van der Waals surface area contributed by atoms with Crippen LogP contribution in [0.15, 0.2) is 6.33 Å². The molecular weight excluding hydrogens is 242 g/mol. The van der Waals surface area contributed by atoms with E-state index >= 15 is 0 Å². The van der Waals surface area contributed by atoms with Gasteiger partial charge >= 0.3 is 0 Å². The number of alkyl halides is 1. The highest BCUT2D eigenvalue weighted by Crippen LogP contribution is 2.19. The maximum atomic E-state index is 5.50. The lowest BCUT2D eigenvalue weighted by Crippen LogP contribution is -2.13. The largest absolute Gasteiger partial charge is 0.478 e. The molecule has 0 saturated heterocycles. The predicted molar refractivity (Wildman–Crippen MR) is 68.0 cm³/mol. The molecule has 0 fully saturated rings. The summed E-state index contributed by atoms with van der Waals surface area (Å²) in [6.07, 6.45) is 1.49. The van der Waals surface area contributed by atoms with E-state index in [-0.39, 0.29) is 0 Å². The normalized spacial score (nSPS) is 10.3. The summed E-state index contributed by atoms with van der Waals surface area (Å²) in [5, 5.41) is 3.17. The van der Waals surface area contributed by atoms with Crippen LogP contribution >= 0.6 is 11.6 Å². The Balaban J connectivity index is 2.44. The van der Waals surface area contributed by atoms with Gasteiger partial charge in [0.1, 0.15) is 12.1 Å². The fourth-order valence-electron chi connectivity index (χ4n) is 1.29. The number of hydrogen-bond acceptors (Lipinski definition) is 5. The summed E-state index contributed by atoms with van der Waals surface area (Å²) in [6, 6.07) is 0. The first-order valence-electron chi connectivity index (χ1n) is 5.61. The fourth-order valence-corrected chi connectivity index (χ4v) is 1.40. The van der Waals surface area contributed by atoms with Gasteiger partial charge in [-0.3, -0.25) is 0 Å². The molecule has 0 aliphatic rings. The van der Waals surface area contributed by atoms with Gasteiger partial charge in [0.2, 0.25) is 5.88 Å². The molecule has 0 bridgehead atoms. The second-order valence-corrected chi connectivity index (χ2v) is 3.69. The van der Waals surface area contributed by atoms with Gasteiger partial charge in [-0.25, -0.2) is 9.97 Å². The van der Waals surface area contributed by atoms with E-state index in [0.29, 0.717) is 38.1 Å². The molecule has 6 heteroatoms. The minimum atomic E-state index is 0.515. The molecule has 0 unspecified atom stereocenters. The van der Waals surface area contributed by atoms with E-state index in [0.717, 1.165) is 11.4 Å². The average molecular weight is 260 g/mol. The van der Waals surface area contributed by atoms with Gasteiger partial charge < -0.3 is 14.8 Å². The maximum Gasteiger partial charge on any atom is 0.221 e. The highest BCUT2D eigenvalue weighted by atomic mass is 35.5. The van der Waals surface area contributed by atoms with Crippen molar-refractivity contribution in [3.8, 4) is 5.88 Å². The molecule has 1 N–H and O–H groups in total. The third-order valence-corrected chi connectivity index (χ3v) is 2.23. The topological polar surface area (TPSA) is 56.3 Å². The zero-order valence-corrected chi connectivity index (χ0v) is 11.0. The molecule has 17 heavy (non-hydrogen) atoms. The summed E-state index contributed by atoms with van der Waals surface area (Å²) in [5.41, 5.74) is 0.909. The highest BCUT2D eigenvalue weighted by molar-refractivity contribution is 6.17. The number of anilines is 1. The number of hydrogen-bond donors (Lipinski definition) is 1. The SMILES string of the molecule is CCOc1ncnc(NCCOCCCl)c1C. The molecule has 5 nitrogen and oxygen atoms in total. The lowest BCUT2D eigenvalue weighted by Gasteiger charge is -2.11. The summed E-state index contributed by atoms with van der Waals surface area (Å²) >= 11 is 5.50. The zero-order chi connectivity index (χ0) is 12.5. The van der Waals surface area contributed by atoms with Gasteiger partial charge in [-0.2, -0.15) is 0 Å². The van der Waals surface area contributed by atoms with Gasteiger partial charge in [-0.15, -0.1) is 11.6 Å². The summed E-state index contributed by atoms with van der Waals surface area (Å²) in [4.78, 5) is 8.22. The number of ether oxygens (including phenoxy) is 2. The van der Waals surface area contributed by atoms with Crippen LogP contribution in [0.2, 0.25) is 0 Å². The number of aromatic nitrogens is 2. The lowest BCUT2D eigenvalue weighted by atomic mass is 10.3. The standard InChI is InChI=1S/C11H18ClN3O2/c1-3-17-11-9(2)10(14-8-15-11)13-5-7-16-6-4-12/h8H,3-7H2,1-2H3,(H,13,14,15). The first-order chi connectivity index (χ1) is 8.29. The van der Waals surface area contributed by atoms with Crippen LogP contribution in [0.5, 0.6) is 5.88 Å². The molecule has 0 amide bonds. The van der Waals surface area contributed by atoms with Crippen molar-refractivity contribution in [2.75, 3.05) is 37.6 Å². The van der Waals surface area contributed by atoms with Crippen LogP contribution in [0.1, 0.15) is 12.5 Å². The Morgan fingerprint density at radius 1 is 1.35 bits per heavy atom. The van der Waals surface area contributed by atoms with E-state index in [1.165, 1.54) is 6.33 Å². The van der Waals surface area contributed by atoms with Gasteiger partial charge in [0.15, 0.2) is 0 Å². The van der Waals surface area contributed by atoms with Crippen molar-refractivity contribution in [2.24, 2.45) is 0 Å². The van der Waals surface area contributed by atoms with Gasteiger partial charge in [0.25, 0.3) is 0 Å². The molecule has 1 aromatic heterocycles. The van der Waals surface area contributed by atoms with Crippen molar-refractivity contribution < 1.29 is 9.47 Å². The Bertz CT molecular complexity index is 336. The Morgan fingerprint density at radius 3 is 2.88 bits per heavy atom. The van der Waals surface area contributed by atoms with Crippen molar-refractivity contribution >= 4 is 17.4 Å². The van der Waals surface area contributed by atoms with E-state index in [9.17, 15) is 0 Å². The summed E-state index contributed by atoms with van der Waals surface area (Å²) in [7, 11) is 0. The number of nitrogens with one attached hydrogen (secondary N) is 1. The van der Waals surface area contributed by atoms with E-state index in [4.69, 9.17) is 21.1 Å². The summed E-state index contributed by atoms with van der Waals surface area (Å²) in [6.45, 7) is 6.29. The molecule has 0 atom stereocenters. The van der Waals surface area contributed by atoms with Gasteiger partial charge in [0.05, 0.1) is 25.4 Å². The first kappa shape index (κ1) is 14.0. The van der Waals surface area contributed by atoms with Gasteiger partial charge in [-0.05, 0) is 13.8 Å². The van der Waals surface area contributed by atoms with Crippen molar-refractivity contribution in [1.29, 1.82) is 0 Å². The smallest absolute Gasteiger partial charge is 0.221 e. The minimum Gasteiger partial charge on any atom is -0.478 e. The Hall–Kier alpha value is -1.07. The van der Waals surface area contributed by atoms with Crippen LogP contribution in [0.3, 0.4) is 0 Å². The Labute approximate surface area is 107 Å². The minimum absolute atomic E-state index is 0.515. The molecule has 0 aromatic carbocycles. The van der Waals surface area contributed by atoms with Crippen LogP contribution in [-0.4, -0.2) is 42.2 Å². The lowest BCUT2D eigenvalue weighted by molar-refractivity contribution is 0.160. The third kappa shape index (κ3) is 4.75. The molecule has 96 valence electrons. The van der Waals surface area contributed by atoms with E-state index < -0.39 is 0 Å². The second-order valence-electron chi connectivity index (χ2n) is 3.31. The van der Waals surface area contributed by atoms with Crippen LogP contribution in [0, 0.1) is 6.92 Å². The third-order valence-electron chi connectivity index (χ3n) is 2.08. The predicted octanol–water partition coefficient (Wildman–Crippen LogP) is 1.85. The van der Waals surface area contributed by atoms with Crippen LogP contribution in [-0.2, 0) is 4.74 Å². The monoisotopic (exact) mass is 259 g/mol. The van der Waals surface area contributed by atoms with Gasteiger partial charge in [0, 0.05) is 12.4 Å². The van der Waals surface area contributed by atoms with Crippen molar-refractivity contribution in [3.05, 3.63) is 11.9 Å². The molecule has 0 aliphatic heterocycles. The Kier molecular flexibility index (Phi) is 6.65. The first-order valence-corrected chi connectivity index (χ1v) is 6.15. The molecule has 0 aliphatic carbocycles. The second kappa shape index (κ2) is 8.08. The molecule has 1 rings (SSSR count). The van der Waals surface area contributed by atoms with E-state index in [2.05, 4.69) is 15.3 Å². The van der Waals surface area contributed by atoms with Crippen LogP contribution in [0.4, 0.5) is 5.82 Å². The summed E-state index contributed by atoms with van der Waals surface area (Å²) < 4.78 is 10.6. The highest BCUT2D eigenvalue weighted by Gasteiger charge is 2.06. The van der Waals surface area contributed by atoms with Crippen molar-refractivity contribution in [3.63, 3.8) is 0 Å². The molecule has 1 aromatic rings. The van der Waals surface area contributed by atoms with Crippen molar-refractivity contribution in [2.45, 2.75) is 13.8 Å². The quantitative estimate of drug-likeness (QED) is 0.570. The maximum absolute atomic E-state index is 5.50. The molecular formula is C11H18ClN3O2.